The van der Waals surface area contributed by atoms with Crippen LogP contribution in [0.3, 0.4) is 0 Å². The molecule has 31 heavy (non-hydrogen) atoms. The summed E-state index contributed by atoms with van der Waals surface area (Å²) in [6.07, 6.45) is -2.90. The van der Waals surface area contributed by atoms with E-state index in [1.54, 1.807) is 0 Å². The fraction of sp³-hybridized carbons (Fsp3) is 0.333. The van der Waals surface area contributed by atoms with Gasteiger partial charge in [0, 0.05) is 6.20 Å². The first-order chi connectivity index (χ1) is 15.2. The molecule has 0 bridgehead atoms. The Kier molecular flexibility index (Phi) is 8.57. The average Bonchev–Trinajstić information content (AvgIpc) is 3.12. The van der Waals surface area contributed by atoms with E-state index in [-0.39, 0.29) is 25.3 Å². The highest BCUT2D eigenvalue weighted by atomic mass is 19.1. The number of rotatable bonds is 10. The van der Waals surface area contributed by atoms with Crippen LogP contribution in [0.4, 0.5) is 4.39 Å². The molecular weight excluding hydrogens is 397 g/mol. The van der Waals surface area contributed by atoms with Crippen LogP contribution in [0.2, 0.25) is 0 Å². The molecule has 1 aliphatic heterocycles. The van der Waals surface area contributed by atoms with E-state index in [1.807, 2.05) is 72.8 Å². The van der Waals surface area contributed by atoms with Crippen molar-refractivity contribution in [2.45, 2.75) is 37.7 Å². The van der Waals surface area contributed by atoms with Crippen molar-refractivity contribution in [3.8, 4) is 12.1 Å². The van der Waals surface area contributed by atoms with Crippen molar-refractivity contribution < 1.29 is 18.6 Å². The van der Waals surface area contributed by atoms with E-state index >= 15 is 4.39 Å². The third-order valence-electron chi connectivity index (χ3n) is 4.84. The fourth-order valence-electron chi connectivity index (χ4n) is 3.31. The van der Waals surface area contributed by atoms with Crippen molar-refractivity contribution in [1.82, 2.24) is 5.32 Å². The van der Waals surface area contributed by atoms with E-state index in [0.717, 1.165) is 11.1 Å². The van der Waals surface area contributed by atoms with Gasteiger partial charge in [0.05, 0.1) is 37.5 Å². The van der Waals surface area contributed by atoms with E-state index in [2.05, 4.69) is 5.32 Å². The zero-order chi connectivity index (χ0) is 21.9. The van der Waals surface area contributed by atoms with Gasteiger partial charge in [0.1, 0.15) is 24.9 Å². The lowest BCUT2D eigenvalue weighted by molar-refractivity contribution is -0.0706. The Labute approximate surface area is 181 Å². The van der Waals surface area contributed by atoms with Gasteiger partial charge in [0.2, 0.25) is 0 Å². The molecule has 1 fully saturated rings. The first kappa shape index (κ1) is 22.5. The summed E-state index contributed by atoms with van der Waals surface area (Å²) in [5, 5.41) is 20.8. The second-order valence-electron chi connectivity index (χ2n) is 7.05. The zero-order valence-electron chi connectivity index (χ0n) is 17.0. The Morgan fingerprint density at radius 1 is 1.03 bits per heavy atom. The molecule has 0 amide bonds. The summed E-state index contributed by atoms with van der Waals surface area (Å²) in [6.45, 7) is 0.704. The summed E-state index contributed by atoms with van der Waals surface area (Å²) >= 11 is 0. The van der Waals surface area contributed by atoms with Crippen molar-refractivity contribution in [3.63, 3.8) is 0 Å². The molecule has 1 heterocycles. The highest BCUT2D eigenvalue weighted by Crippen LogP contribution is 2.31. The number of hydrogen-bond acceptors (Lipinski definition) is 6. The molecule has 1 aliphatic rings. The third-order valence-corrected chi connectivity index (χ3v) is 4.84. The van der Waals surface area contributed by atoms with Crippen LogP contribution in [0.15, 0.2) is 72.4 Å². The van der Waals surface area contributed by atoms with Crippen LogP contribution in [0.25, 0.3) is 0 Å². The zero-order valence-corrected chi connectivity index (χ0v) is 17.0. The minimum absolute atomic E-state index is 0.00635. The maximum atomic E-state index is 15.3. The second kappa shape index (κ2) is 11.8. The SMILES string of the molecule is N#CCN/C=C(\C#N)C1OC(COCc2ccccc2)[C@@H](OCc2ccccc2)[C@H]1F. The van der Waals surface area contributed by atoms with Gasteiger partial charge in [-0.3, -0.25) is 0 Å². The molecule has 0 aliphatic carbocycles. The Hall–Kier alpha value is -3.23. The Bertz CT molecular complexity index is 925. The molecule has 2 aromatic carbocycles. The molecule has 2 unspecified atom stereocenters. The Morgan fingerprint density at radius 2 is 1.68 bits per heavy atom. The lowest BCUT2D eigenvalue weighted by Crippen LogP contribution is -2.35. The van der Waals surface area contributed by atoms with Crippen LogP contribution in [0.1, 0.15) is 11.1 Å². The third kappa shape index (κ3) is 6.37. The van der Waals surface area contributed by atoms with Crippen molar-refractivity contribution in [1.29, 1.82) is 10.5 Å². The van der Waals surface area contributed by atoms with Gasteiger partial charge in [-0.2, -0.15) is 10.5 Å². The maximum absolute atomic E-state index is 15.3. The van der Waals surface area contributed by atoms with Gasteiger partial charge in [-0.1, -0.05) is 60.7 Å². The van der Waals surface area contributed by atoms with Gasteiger partial charge in [-0.25, -0.2) is 4.39 Å². The summed E-state index contributed by atoms with van der Waals surface area (Å²) in [6, 6.07) is 23.0. The Morgan fingerprint density at radius 3 is 2.29 bits per heavy atom. The van der Waals surface area contributed by atoms with Gasteiger partial charge in [0.15, 0.2) is 6.17 Å². The molecular formula is C24H24FN3O3. The van der Waals surface area contributed by atoms with Crippen LogP contribution in [0, 0.1) is 22.7 Å². The van der Waals surface area contributed by atoms with Crippen LogP contribution >= 0.6 is 0 Å². The van der Waals surface area contributed by atoms with Crippen LogP contribution in [0.5, 0.6) is 0 Å². The maximum Gasteiger partial charge on any atom is 0.160 e. The lowest BCUT2D eigenvalue weighted by Gasteiger charge is -2.20. The first-order valence-electron chi connectivity index (χ1n) is 10.00. The monoisotopic (exact) mass is 421 g/mol. The van der Waals surface area contributed by atoms with Crippen molar-refractivity contribution >= 4 is 0 Å². The standard InChI is InChI=1S/C24H24FN3O3/c25-22-23(20(13-27)14-28-12-11-26)31-21(17-29-15-18-7-3-1-4-8-18)24(22)30-16-19-9-5-2-6-10-19/h1-10,14,21-24,28H,12,15-17H2/b20-14+/t21?,22-,23?,24+/m0/s1. The lowest BCUT2D eigenvalue weighted by atomic mass is 10.0. The van der Waals surface area contributed by atoms with E-state index in [1.165, 1.54) is 6.20 Å². The summed E-state index contributed by atoms with van der Waals surface area (Å²) in [5.74, 6) is 0. The number of nitrogens with zero attached hydrogens (tertiary/aromatic N) is 2. The number of halogens is 1. The summed E-state index contributed by atoms with van der Waals surface area (Å²) < 4.78 is 32.8. The summed E-state index contributed by atoms with van der Waals surface area (Å²) in [7, 11) is 0. The minimum atomic E-state index is -1.55. The molecule has 0 aromatic heterocycles. The number of alkyl halides is 1. The quantitative estimate of drug-likeness (QED) is 0.359. The van der Waals surface area contributed by atoms with Gasteiger partial charge in [0.25, 0.3) is 0 Å². The number of benzene rings is 2. The van der Waals surface area contributed by atoms with Crippen molar-refractivity contribution in [2.75, 3.05) is 13.2 Å². The van der Waals surface area contributed by atoms with E-state index in [4.69, 9.17) is 19.5 Å². The predicted octanol–water partition coefficient (Wildman–Crippen LogP) is 3.41. The highest BCUT2D eigenvalue weighted by Gasteiger charge is 2.47. The fourth-order valence-corrected chi connectivity index (χ4v) is 3.31. The average molecular weight is 421 g/mol. The molecule has 6 nitrogen and oxygen atoms in total. The molecule has 3 rings (SSSR count). The first-order valence-corrected chi connectivity index (χ1v) is 10.00. The van der Waals surface area contributed by atoms with Gasteiger partial charge in [-0.15, -0.1) is 0 Å². The van der Waals surface area contributed by atoms with E-state index in [9.17, 15) is 5.26 Å². The molecule has 1 saturated heterocycles. The molecule has 4 atom stereocenters. The van der Waals surface area contributed by atoms with Crippen molar-refractivity contribution in [2.24, 2.45) is 0 Å². The summed E-state index contributed by atoms with van der Waals surface area (Å²) in [5.41, 5.74) is 1.98. The number of nitriles is 2. The van der Waals surface area contributed by atoms with Gasteiger partial charge in [-0.05, 0) is 11.1 Å². The van der Waals surface area contributed by atoms with Gasteiger partial charge >= 0.3 is 0 Å². The molecule has 1 N–H and O–H groups in total. The molecule has 0 radical (unpaired) electrons. The number of ether oxygens (including phenoxy) is 3. The number of nitrogens with one attached hydrogen (secondary N) is 1. The van der Waals surface area contributed by atoms with Crippen molar-refractivity contribution in [3.05, 3.63) is 83.6 Å². The summed E-state index contributed by atoms with van der Waals surface area (Å²) in [4.78, 5) is 0. The Balaban J connectivity index is 1.68. The normalized spacial score (nSPS) is 23.1. The van der Waals surface area contributed by atoms with Crippen LogP contribution in [-0.2, 0) is 27.4 Å². The largest absolute Gasteiger partial charge is 0.377 e. The predicted molar refractivity (Wildman–Crippen MR) is 112 cm³/mol. The molecule has 7 heteroatoms. The van der Waals surface area contributed by atoms with E-state index in [0.29, 0.717) is 6.61 Å². The molecule has 0 spiro atoms. The second-order valence-corrected chi connectivity index (χ2v) is 7.05. The number of hydrogen-bond donors (Lipinski definition) is 1. The minimum Gasteiger partial charge on any atom is -0.377 e. The van der Waals surface area contributed by atoms with Gasteiger partial charge < -0.3 is 19.5 Å². The molecule has 2 aromatic rings. The molecule has 160 valence electrons. The smallest absolute Gasteiger partial charge is 0.160 e. The molecule has 0 saturated carbocycles. The topological polar surface area (TPSA) is 87.3 Å². The van der Waals surface area contributed by atoms with Crippen LogP contribution in [-0.4, -0.2) is 37.6 Å². The van der Waals surface area contributed by atoms with E-state index < -0.39 is 24.5 Å². The highest BCUT2D eigenvalue weighted by molar-refractivity contribution is 5.28. The van der Waals surface area contributed by atoms with Crippen LogP contribution < -0.4 is 5.32 Å².